The zero-order valence-electron chi connectivity index (χ0n) is 29.9. The van der Waals surface area contributed by atoms with E-state index in [-0.39, 0.29) is 36.5 Å². The molecule has 1 saturated heterocycles. The van der Waals surface area contributed by atoms with Crippen LogP contribution in [0.5, 0.6) is 0 Å². The van der Waals surface area contributed by atoms with E-state index in [9.17, 15) is 15.0 Å². The molecule has 1 amide bonds. The third-order valence-corrected chi connectivity index (χ3v) is 10.0. The standard InChI is InChI=1S/C44H44N4O5/c1-29(42(50)33-10-4-3-5-11-33)48(2)27-36-24-41(32-18-16-30(28-49)17-19-32)53-44(52-36)34-22-20-31(21-23-34)37-13-7-6-12-35(37)25-46-43(51)40-26-45-38-14-8-9-15-39(38)47-40/h3-23,26,29,36,41-42,44,49-50H,24-25,27-28H2,1-2H3,(H,46,51)/t29-,36+,41-,42-,44-/m0/s1. The van der Waals surface area contributed by atoms with Crippen LogP contribution in [0.3, 0.4) is 0 Å². The van der Waals surface area contributed by atoms with Crippen LogP contribution >= 0.6 is 0 Å². The van der Waals surface area contributed by atoms with Gasteiger partial charge in [0.25, 0.3) is 5.91 Å². The quantitative estimate of drug-likeness (QED) is 0.121. The predicted molar refractivity (Wildman–Crippen MR) is 205 cm³/mol. The SMILES string of the molecule is C[C@@H]([C@H](O)c1ccccc1)N(C)C[C@H]1C[C@@H](c2ccc(CO)cc2)O[C@@H](c2ccc(-c3ccccc3CNC(=O)c3cnc4ccccc4n3)cc2)O1. The number of nitrogens with one attached hydrogen (secondary N) is 1. The zero-order valence-corrected chi connectivity index (χ0v) is 29.9. The van der Waals surface area contributed by atoms with Crippen LogP contribution in [0.4, 0.5) is 0 Å². The summed E-state index contributed by atoms with van der Waals surface area (Å²) in [6.07, 6.45) is 0.466. The van der Waals surface area contributed by atoms with Gasteiger partial charge in [-0.15, -0.1) is 0 Å². The molecule has 270 valence electrons. The van der Waals surface area contributed by atoms with Crippen LogP contribution in [0.25, 0.3) is 22.2 Å². The molecule has 0 spiro atoms. The van der Waals surface area contributed by atoms with Crippen LogP contribution in [-0.2, 0) is 22.6 Å². The number of hydrogen-bond acceptors (Lipinski definition) is 8. The van der Waals surface area contributed by atoms with Crippen LogP contribution in [0.2, 0.25) is 0 Å². The van der Waals surface area contributed by atoms with Gasteiger partial charge in [0.05, 0.1) is 42.1 Å². The second-order valence-electron chi connectivity index (χ2n) is 13.6. The number of para-hydroxylation sites is 2. The van der Waals surface area contributed by atoms with E-state index < -0.39 is 12.4 Å². The van der Waals surface area contributed by atoms with Gasteiger partial charge in [0.15, 0.2) is 6.29 Å². The minimum atomic E-state index is -0.644. The van der Waals surface area contributed by atoms with Crippen molar-refractivity contribution in [1.82, 2.24) is 20.2 Å². The highest BCUT2D eigenvalue weighted by Crippen LogP contribution is 2.39. The lowest BCUT2D eigenvalue weighted by atomic mass is 9.97. The highest BCUT2D eigenvalue weighted by Gasteiger charge is 2.34. The predicted octanol–water partition coefficient (Wildman–Crippen LogP) is 7.32. The van der Waals surface area contributed by atoms with Crippen molar-refractivity contribution in [2.24, 2.45) is 0 Å². The first kappa shape index (κ1) is 36.1. The number of rotatable bonds is 12. The van der Waals surface area contributed by atoms with Crippen molar-refractivity contribution in [2.75, 3.05) is 13.6 Å². The molecule has 0 bridgehead atoms. The molecule has 9 nitrogen and oxygen atoms in total. The van der Waals surface area contributed by atoms with E-state index in [2.05, 4.69) is 32.3 Å². The van der Waals surface area contributed by atoms with Gasteiger partial charge in [-0.2, -0.15) is 0 Å². The maximum atomic E-state index is 13.1. The average molecular weight is 709 g/mol. The summed E-state index contributed by atoms with van der Waals surface area (Å²) >= 11 is 0. The van der Waals surface area contributed by atoms with Crippen molar-refractivity contribution in [3.63, 3.8) is 0 Å². The van der Waals surface area contributed by atoms with Gasteiger partial charge >= 0.3 is 0 Å². The maximum absolute atomic E-state index is 13.1. The number of aliphatic hydroxyl groups excluding tert-OH is 2. The molecule has 0 unspecified atom stereocenters. The third kappa shape index (κ3) is 8.52. The molecule has 0 saturated carbocycles. The van der Waals surface area contributed by atoms with Gasteiger partial charge in [0, 0.05) is 31.1 Å². The van der Waals surface area contributed by atoms with Crippen molar-refractivity contribution < 1.29 is 24.5 Å². The number of aliphatic hydroxyl groups is 2. The van der Waals surface area contributed by atoms with Gasteiger partial charge in [-0.25, -0.2) is 4.98 Å². The van der Waals surface area contributed by atoms with E-state index in [1.165, 1.54) is 6.20 Å². The molecule has 5 atom stereocenters. The Balaban J connectivity index is 1.07. The Kier molecular flexibility index (Phi) is 11.3. The Morgan fingerprint density at radius 3 is 2.28 bits per heavy atom. The summed E-state index contributed by atoms with van der Waals surface area (Å²) in [5, 5.41) is 23.7. The van der Waals surface area contributed by atoms with Crippen LogP contribution in [0, 0.1) is 0 Å². The van der Waals surface area contributed by atoms with Crippen molar-refractivity contribution in [3.8, 4) is 11.1 Å². The van der Waals surface area contributed by atoms with Crippen molar-refractivity contribution in [1.29, 1.82) is 0 Å². The first-order valence-electron chi connectivity index (χ1n) is 18.0. The molecule has 6 aromatic rings. The summed E-state index contributed by atoms with van der Waals surface area (Å²) in [5.41, 5.74) is 8.27. The normalized spacial score (nSPS) is 18.5. The second kappa shape index (κ2) is 16.6. The Morgan fingerprint density at radius 2 is 1.53 bits per heavy atom. The molecule has 1 aromatic heterocycles. The van der Waals surface area contributed by atoms with Crippen LogP contribution < -0.4 is 5.32 Å². The maximum Gasteiger partial charge on any atom is 0.271 e. The molecule has 0 radical (unpaired) electrons. The molecule has 1 aliphatic heterocycles. The summed E-state index contributed by atoms with van der Waals surface area (Å²) in [7, 11) is 2.01. The lowest BCUT2D eigenvalue weighted by Crippen LogP contribution is -2.43. The van der Waals surface area contributed by atoms with E-state index in [4.69, 9.17) is 9.47 Å². The number of carbonyl (C=O) groups excluding carboxylic acids is 1. The fraction of sp³-hybridized carbons (Fsp3) is 0.250. The van der Waals surface area contributed by atoms with Gasteiger partial charge in [-0.3, -0.25) is 14.7 Å². The smallest absolute Gasteiger partial charge is 0.271 e. The van der Waals surface area contributed by atoms with Gasteiger partial charge in [-0.1, -0.05) is 115 Å². The van der Waals surface area contributed by atoms with Crippen molar-refractivity contribution >= 4 is 16.9 Å². The first-order chi connectivity index (χ1) is 25.9. The van der Waals surface area contributed by atoms with E-state index >= 15 is 0 Å². The van der Waals surface area contributed by atoms with Crippen LogP contribution in [0.1, 0.15) is 70.1 Å². The Morgan fingerprint density at radius 1 is 0.849 bits per heavy atom. The zero-order chi connectivity index (χ0) is 36.7. The highest BCUT2D eigenvalue weighted by atomic mass is 16.7. The van der Waals surface area contributed by atoms with E-state index in [1.54, 1.807) is 0 Å². The molecule has 5 aromatic carbocycles. The highest BCUT2D eigenvalue weighted by molar-refractivity contribution is 5.93. The molecular formula is C44H44N4O5. The number of nitrogens with zero attached hydrogens (tertiary/aromatic N) is 3. The Bertz CT molecular complexity index is 2130. The van der Waals surface area contributed by atoms with Crippen molar-refractivity contribution in [2.45, 2.75) is 57.1 Å². The largest absolute Gasteiger partial charge is 0.392 e. The Hall–Kier alpha value is -5.29. The molecule has 2 heterocycles. The molecule has 3 N–H and O–H groups in total. The number of hydrogen-bond donors (Lipinski definition) is 3. The summed E-state index contributed by atoms with van der Waals surface area (Å²) in [5.74, 6) is -0.287. The molecular weight excluding hydrogens is 665 g/mol. The summed E-state index contributed by atoms with van der Waals surface area (Å²) < 4.78 is 13.2. The minimum Gasteiger partial charge on any atom is -0.392 e. The van der Waals surface area contributed by atoms with E-state index in [0.717, 1.165) is 44.5 Å². The number of aromatic nitrogens is 2. The fourth-order valence-corrected chi connectivity index (χ4v) is 6.80. The number of amides is 1. The lowest BCUT2D eigenvalue weighted by molar-refractivity contribution is -0.253. The first-order valence-corrected chi connectivity index (χ1v) is 18.0. The number of fused-ring (bicyclic) bond motifs is 1. The number of ether oxygens (including phenoxy) is 2. The molecule has 0 aliphatic carbocycles. The molecule has 1 aliphatic rings. The van der Waals surface area contributed by atoms with Gasteiger partial charge in [-0.05, 0) is 59.5 Å². The number of carbonyl (C=O) groups is 1. The summed E-state index contributed by atoms with van der Waals surface area (Å²) in [6.45, 7) is 2.92. The van der Waals surface area contributed by atoms with E-state index in [0.29, 0.717) is 25.0 Å². The minimum absolute atomic E-state index is 0.0203. The van der Waals surface area contributed by atoms with Gasteiger partial charge in [0.1, 0.15) is 5.69 Å². The Labute approximate surface area is 309 Å². The average Bonchev–Trinajstić information content (AvgIpc) is 3.22. The molecule has 9 heteroatoms. The number of likely N-dealkylation sites (N-methyl/N-ethyl adjacent to an activating group) is 1. The van der Waals surface area contributed by atoms with Crippen LogP contribution in [-0.4, -0.2) is 56.7 Å². The van der Waals surface area contributed by atoms with Crippen LogP contribution in [0.15, 0.2) is 134 Å². The summed E-state index contributed by atoms with van der Waals surface area (Å²) in [4.78, 5) is 24.1. The summed E-state index contributed by atoms with van der Waals surface area (Å²) in [6, 6.07) is 41.1. The van der Waals surface area contributed by atoms with Gasteiger partial charge in [0.2, 0.25) is 0 Å². The topological polar surface area (TPSA) is 117 Å². The molecule has 53 heavy (non-hydrogen) atoms. The van der Waals surface area contributed by atoms with E-state index in [1.807, 2.05) is 129 Å². The van der Waals surface area contributed by atoms with Gasteiger partial charge < -0.3 is 25.0 Å². The fourth-order valence-electron chi connectivity index (χ4n) is 6.80. The third-order valence-electron chi connectivity index (χ3n) is 10.0. The molecule has 1 fully saturated rings. The lowest BCUT2D eigenvalue weighted by Gasteiger charge is -2.39. The van der Waals surface area contributed by atoms with Crippen molar-refractivity contribution in [3.05, 3.63) is 167 Å². The number of benzene rings is 5. The monoisotopic (exact) mass is 708 g/mol. The second-order valence-corrected chi connectivity index (χ2v) is 13.6. The molecule has 7 rings (SSSR count).